The van der Waals surface area contributed by atoms with E-state index in [1.165, 1.54) is 49.2 Å². The van der Waals surface area contributed by atoms with Gasteiger partial charge >= 0.3 is 0 Å². The van der Waals surface area contributed by atoms with Crippen molar-refractivity contribution < 1.29 is 4.74 Å². The molecule has 4 rings (SSSR count). The number of H-pyrrole nitrogens is 1. The van der Waals surface area contributed by atoms with Gasteiger partial charge < -0.3 is 14.6 Å². The topological polar surface area (TPSA) is 44.4 Å². The normalized spacial score (nSPS) is 24.3. The van der Waals surface area contributed by atoms with Gasteiger partial charge in [0.15, 0.2) is 0 Å². The number of nitrogens with zero attached hydrogens (tertiary/aromatic N) is 3. The number of methoxy groups -OCH3 is 1. The average Bonchev–Trinajstić information content (AvgIpc) is 3.32. The lowest BCUT2D eigenvalue weighted by molar-refractivity contribution is 0.107. The van der Waals surface area contributed by atoms with E-state index >= 15 is 0 Å². The van der Waals surface area contributed by atoms with Crippen molar-refractivity contribution in [3.63, 3.8) is 0 Å². The van der Waals surface area contributed by atoms with Crippen molar-refractivity contribution in [3.8, 4) is 0 Å². The Labute approximate surface area is 156 Å². The van der Waals surface area contributed by atoms with Crippen LogP contribution in [0.4, 0.5) is 5.69 Å². The molecular weight excluding hydrogens is 324 g/mol. The van der Waals surface area contributed by atoms with Gasteiger partial charge in [0.2, 0.25) is 0 Å². The third-order valence-electron chi connectivity index (χ3n) is 5.88. The van der Waals surface area contributed by atoms with Gasteiger partial charge in [0.05, 0.1) is 12.1 Å². The SMILES string of the molecule is CO[C@@H]1CC(c2ncc[nH]2)N(Cc2ccc(N3CCCCC3)c(C)c2)C1. The summed E-state index contributed by atoms with van der Waals surface area (Å²) < 4.78 is 5.64. The number of imidazole rings is 1. The summed E-state index contributed by atoms with van der Waals surface area (Å²) in [5.41, 5.74) is 4.17. The molecule has 1 aromatic carbocycles. The lowest BCUT2D eigenvalue weighted by atomic mass is 10.0. The molecule has 140 valence electrons. The predicted molar refractivity (Wildman–Crippen MR) is 104 cm³/mol. The highest BCUT2D eigenvalue weighted by Crippen LogP contribution is 2.33. The summed E-state index contributed by atoms with van der Waals surface area (Å²) >= 11 is 0. The molecule has 0 bridgehead atoms. The Morgan fingerprint density at radius 1 is 1.23 bits per heavy atom. The summed E-state index contributed by atoms with van der Waals surface area (Å²) in [5, 5.41) is 0. The molecule has 1 N–H and O–H groups in total. The smallest absolute Gasteiger partial charge is 0.123 e. The van der Waals surface area contributed by atoms with Gasteiger partial charge in [-0.2, -0.15) is 0 Å². The van der Waals surface area contributed by atoms with Crippen LogP contribution in [0.1, 0.15) is 48.7 Å². The molecule has 2 aliphatic rings. The first-order valence-electron chi connectivity index (χ1n) is 9.85. The zero-order valence-corrected chi connectivity index (χ0v) is 15.9. The molecule has 0 spiro atoms. The molecule has 0 saturated carbocycles. The Morgan fingerprint density at radius 2 is 2.08 bits per heavy atom. The number of aromatic amines is 1. The molecule has 0 amide bonds. The quantitative estimate of drug-likeness (QED) is 0.890. The summed E-state index contributed by atoms with van der Waals surface area (Å²) in [6, 6.07) is 7.29. The zero-order valence-electron chi connectivity index (χ0n) is 15.9. The molecule has 0 aliphatic carbocycles. The molecule has 2 fully saturated rings. The van der Waals surface area contributed by atoms with Crippen molar-refractivity contribution in [2.24, 2.45) is 0 Å². The maximum absolute atomic E-state index is 5.64. The fourth-order valence-corrected chi connectivity index (χ4v) is 4.49. The minimum Gasteiger partial charge on any atom is -0.380 e. The molecule has 5 nitrogen and oxygen atoms in total. The van der Waals surface area contributed by atoms with Gasteiger partial charge in [0.1, 0.15) is 5.82 Å². The van der Waals surface area contributed by atoms with Crippen LogP contribution in [0.15, 0.2) is 30.6 Å². The van der Waals surface area contributed by atoms with Crippen LogP contribution in [0.5, 0.6) is 0 Å². The van der Waals surface area contributed by atoms with Gasteiger partial charge in [-0.05, 0) is 49.8 Å². The number of hydrogen-bond donors (Lipinski definition) is 1. The van der Waals surface area contributed by atoms with Crippen molar-refractivity contribution in [1.29, 1.82) is 0 Å². The van der Waals surface area contributed by atoms with Gasteiger partial charge in [-0.3, -0.25) is 4.90 Å². The molecule has 5 heteroatoms. The van der Waals surface area contributed by atoms with Gasteiger partial charge in [-0.15, -0.1) is 0 Å². The van der Waals surface area contributed by atoms with Crippen LogP contribution in [0.2, 0.25) is 0 Å². The molecule has 2 atom stereocenters. The Balaban J connectivity index is 1.49. The lowest BCUT2D eigenvalue weighted by Crippen LogP contribution is -2.30. The molecule has 3 heterocycles. The number of rotatable bonds is 5. The van der Waals surface area contributed by atoms with E-state index < -0.39 is 0 Å². The fourth-order valence-electron chi connectivity index (χ4n) is 4.49. The highest BCUT2D eigenvalue weighted by Gasteiger charge is 2.34. The first-order valence-corrected chi connectivity index (χ1v) is 9.85. The molecule has 2 aromatic rings. The van der Waals surface area contributed by atoms with Crippen LogP contribution in [-0.4, -0.2) is 47.7 Å². The van der Waals surface area contributed by atoms with E-state index in [1.807, 2.05) is 19.5 Å². The maximum atomic E-state index is 5.64. The average molecular weight is 354 g/mol. The van der Waals surface area contributed by atoms with Crippen molar-refractivity contribution in [3.05, 3.63) is 47.5 Å². The number of nitrogens with one attached hydrogen (secondary N) is 1. The fraction of sp³-hybridized carbons (Fsp3) is 0.571. The minimum atomic E-state index is 0.277. The van der Waals surface area contributed by atoms with Gasteiger partial charge in [-0.25, -0.2) is 4.98 Å². The number of benzene rings is 1. The summed E-state index contributed by atoms with van der Waals surface area (Å²) in [6.07, 6.45) is 9.03. The van der Waals surface area contributed by atoms with E-state index in [1.54, 1.807) is 0 Å². The number of aryl methyl sites for hydroxylation is 1. The van der Waals surface area contributed by atoms with E-state index in [0.717, 1.165) is 25.3 Å². The lowest BCUT2D eigenvalue weighted by Gasteiger charge is -2.30. The van der Waals surface area contributed by atoms with Crippen LogP contribution in [0.25, 0.3) is 0 Å². The van der Waals surface area contributed by atoms with Crippen LogP contribution >= 0.6 is 0 Å². The molecule has 2 aliphatic heterocycles. The summed E-state index contributed by atoms with van der Waals surface area (Å²) in [7, 11) is 1.81. The number of hydrogen-bond acceptors (Lipinski definition) is 4. The van der Waals surface area contributed by atoms with Crippen molar-refractivity contribution >= 4 is 5.69 Å². The van der Waals surface area contributed by atoms with Crippen molar-refractivity contribution in [1.82, 2.24) is 14.9 Å². The van der Waals surface area contributed by atoms with Gasteiger partial charge in [0.25, 0.3) is 0 Å². The minimum absolute atomic E-state index is 0.277. The summed E-state index contributed by atoms with van der Waals surface area (Å²) in [4.78, 5) is 12.8. The largest absolute Gasteiger partial charge is 0.380 e. The van der Waals surface area contributed by atoms with Crippen molar-refractivity contribution in [2.45, 2.75) is 51.3 Å². The Kier molecular flexibility index (Phi) is 5.27. The van der Waals surface area contributed by atoms with E-state index in [4.69, 9.17) is 4.74 Å². The Hall–Kier alpha value is -1.85. The second-order valence-electron chi connectivity index (χ2n) is 7.68. The van der Waals surface area contributed by atoms with Crippen LogP contribution in [0, 0.1) is 6.92 Å². The number of likely N-dealkylation sites (tertiary alicyclic amines) is 1. The zero-order chi connectivity index (χ0) is 17.9. The predicted octanol–water partition coefficient (Wildman–Crippen LogP) is 3.67. The van der Waals surface area contributed by atoms with Crippen LogP contribution < -0.4 is 4.90 Å². The molecule has 2 saturated heterocycles. The highest BCUT2D eigenvalue weighted by atomic mass is 16.5. The Bertz CT molecular complexity index is 709. The monoisotopic (exact) mass is 354 g/mol. The molecule has 1 unspecified atom stereocenters. The second kappa shape index (κ2) is 7.80. The molecule has 26 heavy (non-hydrogen) atoms. The van der Waals surface area contributed by atoms with E-state index in [-0.39, 0.29) is 6.10 Å². The maximum Gasteiger partial charge on any atom is 0.123 e. The molecular formula is C21H30N4O. The summed E-state index contributed by atoms with van der Waals surface area (Å²) in [5.74, 6) is 1.05. The van der Waals surface area contributed by atoms with E-state index in [9.17, 15) is 0 Å². The van der Waals surface area contributed by atoms with Gasteiger partial charge in [0, 0.05) is 51.4 Å². The third-order valence-corrected chi connectivity index (χ3v) is 5.88. The summed E-state index contributed by atoms with van der Waals surface area (Å²) in [6.45, 7) is 6.53. The van der Waals surface area contributed by atoms with Crippen molar-refractivity contribution in [2.75, 3.05) is 31.6 Å². The van der Waals surface area contributed by atoms with Crippen LogP contribution in [0.3, 0.4) is 0 Å². The van der Waals surface area contributed by atoms with E-state index in [0.29, 0.717) is 6.04 Å². The Morgan fingerprint density at radius 3 is 2.77 bits per heavy atom. The molecule has 1 aromatic heterocycles. The van der Waals surface area contributed by atoms with Gasteiger partial charge in [-0.1, -0.05) is 12.1 Å². The number of piperidine rings is 1. The molecule has 0 radical (unpaired) electrons. The number of ether oxygens (including phenoxy) is 1. The first-order chi connectivity index (χ1) is 12.7. The van der Waals surface area contributed by atoms with Crippen LogP contribution in [-0.2, 0) is 11.3 Å². The second-order valence-corrected chi connectivity index (χ2v) is 7.68. The standard InChI is InChI=1S/C21H30N4O/c1-16-12-17(6-7-19(16)24-10-4-3-5-11-24)14-25-15-18(26-2)13-20(25)21-22-8-9-23-21/h6-9,12,18,20H,3-5,10-11,13-15H2,1-2H3,(H,22,23)/t18-,20?/m1/s1. The third kappa shape index (κ3) is 3.64. The number of aromatic nitrogens is 2. The highest BCUT2D eigenvalue weighted by molar-refractivity contribution is 5.54. The van der Waals surface area contributed by atoms with E-state index in [2.05, 4.69) is 44.9 Å². The first kappa shape index (κ1) is 17.6. The number of anilines is 1.